The van der Waals surface area contributed by atoms with E-state index in [9.17, 15) is 4.79 Å². The lowest BCUT2D eigenvalue weighted by atomic mass is 9.94. The van der Waals surface area contributed by atoms with Crippen molar-refractivity contribution in [3.8, 4) is 0 Å². The van der Waals surface area contributed by atoms with E-state index >= 15 is 0 Å². The van der Waals surface area contributed by atoms with Crippen molar-refractivity contribution in [2.24, 2.45) is 22.7 Å². The molecule has 0 radical (unpaired) electrons. The monoisotopic (exact) mass is 270 g/mol. The molecule has 0 spiro atoms. The summed E-state index contributed by atoms with van der Waals surface area (Å²) in [4.78, 5) is 14.5. The zero-order valence-electron chi connectivity index (χ0n) is 12.1. The molecule has 6 heteroatoms. The fourth-order valence-electron chi connectivity index (χ4n) is 2.71. The van der Waals surface area contributed by atoms with Crippen LogP contribution >= 0.6 is 0 Å². The number of hydrogen-bond donors (Lipinski definition) is 3. The van der Waals surface area contributed by atoms with Gasteiger partial charge in [-0.25, -0.2) is 0 Å². The number of amidine groups is 1. The molecule has 0 aromatic heterocycles. The average Bonchev–Trinajstić information content (AvgIpc) is 2.83. The van der Waals surface area contributed by atoms with Gasteiger partial charge in [0.25, 0.3) is 0 Å². The number of nitrogens with two attached hydrogens (primary N) is 1. The van der Waals surface area contributed by atoms with E-state index < -0.39 is 5.92 Å². The summed E-state index contributed by atoms with van der Waals surface area (Å²) in [5.74, 6) is -0.747. The minimum Gasteiger partial charge on any atom is -0.409 e. The zero-order chi connectivity index (χ0) is 14.4. The Labute approximate surface area is 115 Å². The van der Waals surface area contributed by atoms with Crippen LogP contribution in [0.5, 0.6) is 0 Å². The molecule has 4 N–H and O–H groups in total. The first-order valence-corrected chi connectivity index (χ1v) is 7.00. The summed E-state index contributed by atoms with van der Waals surface area (Å²) in [6, 6.07) is 0.411. The fraction of sp³-hybridized carbons (Fsp3) is 0.846. The molecule has 0 saturated carbocycles. The third-order valence-corrected chi connectivity index (χ3v) is 3.80. The third-order valence-electron chi connectivity index (χ3n) is 3.80. The number of carbonyl (C=O) groups excluding carboxylic acids is 1. The molecule has 2 atom stereocenters. The van der Waals surface area contributed by atoms with Crippen LogP contribution < -0.4 is 11.1 Å². The van der Waals surface area contributed by atoms with Gasteiger partial charge in [0.15, 0.2) is 5.84 Å². The predicted molar refractivity (Wildman–Crippen MR) is 75.0 cm³/mol. The highest BCUT2D eigenvalue weighted by atomic mass is 16.4. The second-order valence-electron chi connectivity index (χ2n) is 5.42. The van der Waals surface area contributed by atoms with E-state index in [2.05, 4.69) is 22.3 Å². The standard InChI is InChI=1S/C13H26N4O2/c1-4-17-7-5-6-10(17)8-15-13(18)11(9(2)3)12(14)16-19/h9-11,19H,4-8H2,1-3H3,(H2,14,16)(H,15,18). The maximum Gasteiger partial charge on any atom is 0.231 e. The topological polar surface area (TPSA) is 91.0 Å². The number of likely N-dealkylation sites (tertiary alicyclic amines) is 1. The molecule has 1 heterocycles. The van der Waals surface area contributed by atoms with E-state index in [-0.39, 0.29) is 17.7 Å². The molecule has 1 aliphatic rings. The van der Waals surface area contributed by atoms with E-state index in [0.717, 1.165) is 19.5 Å². The fourth-order valence-corrected chi connectivity index (χ4v) is 2.71. The molecule has 1 aliphatic heterocycles. The first kappa shape index (κ1) is 15.8. The molecular weight excluding hydrogens is 244 g/mol. The van der Waals surface area contributed by atoms with Crippen molar-refractivity contribution in [3.63, 3.8) is 0 Å². The normalized spacial score (nSPS) is 22.7. The predicted octanol–water partition coefficient (Wildman–Crippen LogP) is 0.606. The number of likely N-dealkylation sites (N-methyl/N-ethyl adjacent to an activating group) is 1. The molecule has 0 bridgehead atoms. The van der Waals surface area contributed by atoms with Crippen molar-refractivity contribution in [2.45, 2.75) is 39.7 Å². The molecule has 19 heavy (non-hydrogen) atoms. The van der Waals surface area contributed by atoms with Gasteiger partial charge in [0.1, 0.15) is 5.92 Å². The number of rotatable bonds is 6. The van der Waals surface area contributed by atoms with Gasteiger partial charge in [-0.15, -0.1) is 0 Å². The van der Waals surface area contributed by atoms with Crippen molar-refractivity contribution >= 4 is 11.7 Å². The van der Waals surface area contributed by atoms with Gasteiger partial charge in [-0.05, 0) is 31.8 Å². The molecular formula is C13H26N4O2. The van der Waals surface area contributed by atoms with Crippen LogP contribution in [0.3, 0.4) is 0 Å². The van der Waals surface area contributed by atoms with Gasteiger partial charge in [0, 0.05) is 12.6 Å². The van der Waals surface area contributed by atoms with Crippen LogP contribution in [0.15, 0.2) is 5.16 Å². The number of oxime groups is 1. The molecule has 1 saturated heterocycles. The molecule has 110 valence electrons. The number of nitrogens with one attached hydrogen (secondary N) is 1. The van der Waals surface area contributed by atoms with E-state index in [0.29, 0.717) is 12.6 Å². The summed E-state index contributed by atoms with van der Waals surface area (Å²) < 4.78 is 0. The quantitative estimate of drug-likeness (QED) is 0.285. The molecule has 2 unspecified atom stereocenters. The Bertz CT molecular complexity index is 331. The van der Waals surface area contributed by atoms with Gasteiger partial charge >= 0.3 is 0 Å². The first-order chi connectivity index (χ1) is 9.01. The lowest BCUT2D eigenvalue weighted by molar-refractivity contribution is -0.124. The molecule has 1 rings (SSSR count). The van der Waals surface area contributed by atoms with Gasteiger partial charge in [-0.3, -0.25) is 9.69 Å². The van der Waals surface area contributed by atoms with E-state index in [1.54, 1.807) is 0 Å². The van der Waals surface area contributed by atoms with Crippen LogP contribution in [0.1, 0.15) is 33.6 Å². The average molecular weight is 270 g/mol. The summed E-state index contributed by atoms with van der Waals surface area (Å²) in [7, 11) is 0. The van der Waals surface area contributed by atoms with Gasteiger partial charge in [-0.2, -0.15) is 0 Å². The second kappa shape index (κ2) is 7.33. The molecule has 0 aromatic carbocycles. The van der Waals surface area contributed by atoms with Gasteiger partial charge in [0.2, 0.25) is 5.91 Å². The van der Waals surface area contributed by atoms with Crippen molar-refractivity contribution in [1.29, 1.82) is 0 Å². The minimum absolute atomic E-state index is 0.00163. The van der Waals surface area contributed by atoms with Gasteiger partial charge < -0.3 is 16.3 Å². The van der Waals surface area contributed by atoms with E-state index in [1.807, 2.05) is 13.8 Å². The smallest absolute Gasteiger partial charge is 0.231 e. The maximum atomic E-state index is 12.1. The number of amides is 1. The molecule has 0 aliphatic carbocycles. The van der Waals surface area contributed by atoms with Crippen LogP contribution in [-0.4, -0.2) is 47.5 Å². The highest BCUT2D eigenvalue weighted by Gasteiger charge is 2.29. The Morgan fingerprint density at radius 1 is 1.58 bits per heavy atom. The lowest BCUT2D eigenvalue weighted by Gasteiger charge is -2.25. The van der Waals surface area contributed by atoms with Crippen LogP contribution in [0, 0.1) is 11.8 Å². The Hall–Kier alpha value is -1.30. The van der Waals surface area contributed by atoms with Crippen molar-refractivity contribution in [1.82, 2.24) is 10.2 Å². The highest BCUT2D eigenvalue weighted by Crippen LogP contribution is 2.16. The highest BCUT2D eigenvalue weighted by molar-refractivity contribution is 6.02. The second-order valence-corrected chi connectivity index (χ2v) is 5.42. The van der Waals surface area contributed by atoms with Gasteiger partial charge in [0.05, 0.1) is 0 Å². The molecule has 1 amide bonds. The number of hydrogen-bond acceptors (Lipinski definition) is 4. The van der Waals surface area contributed by atoms with Crippen LogP contribution in [0.4, 0.5) is 0 Å². The Balaban J connectivity index is 2.53. The van der Waals surface area contributed by atoms with Crippen LogP contribution in [-0.2, 0) is 4.79 Å². The summed E-state index contributed by atoms with van der Waals surface area (Å²) in [6.45, 7) is 8.65. The number of carbonyl (C=O) groups is 1. The Kier molecular flexibility index (Phi) is 6.08. The molecule has 1 fully saturated rings. The van der Waals surface area contributed by atoms with Crippen molar-refractivity contribution in [2.75, 3.05) is 19.6 Å². The summed E-state index contributed by atoms with van der Waals surface area (Å²) in [6.07, 6.45) is 2.30. The third kappa shape index (κ3) is 4.09. The van der Waals surface area contributed by atoms with Crippen molar-refractivity contribution < 1.29 is 10.0 Å². The number of nitrogens with zero attached hydrogens (tertiary/aromatic N) is 2. The maximum absolute atomic E-state index is 12.1. The Morgan fingerprint density at radius 3 is 2.79 bits per heavy atom. The van der Waals surface area contributed by atoms with Crippen molar-refractivity contribution in [3.05, 3.63) is 0 Å². The summed E-state index contributed by atoms with van der Waals surface area (Å²) >= 11 is 0. The lowest BCUT2D eigenvalue weighted by Crippen LogP contribution is -2.46. The summed E-state index contributed by atoms with van der Waals surface area (Å²) in [5.41, 5.74) is 5.59. The largest absolute Gasteiger partial charge is 0.409 e. The minimum atomic E-state index is -0.568. The molecule has 6 nitrogen and oxygen atoms in total. The molecule has 0 aromatic rings. The van der Waals surface area contributed by atoms with Crippen LogP contribution in [0.2, 0.25) is 0 Å². The van der Waals surface area contributed by atoms with Crippen LogP contribution in [0.25, 0.3) is 0 Å². The van der Waals surface area contributed by atoms with Gasteiger partial charge in [-0.1, -0.05) is 25.9 Å². The zero-order valence-corrected chi connectivity index (χ0v) is 12.1. The summed E-state index contributed by atoms with van der Waals surface area (Å²) in [5, 5.41) is 14.6. The van der Waals surface area contributed by atoms with E-state index in [1.165, 1.54) is 6.42 Å². The first-order valence-electron chi connectivity index (χ1n) is 7.00. The Morgan fingerprint density at radius 2 is 2.26 bits per heavy atom. The SMILES string of the molecule is CCN1CCCC1CNC(=O)C(C(N)=NO)C(C)C. The van der Waals surface area contributed by atoms with E-state index in [4.69, 9.17) is 10.9 Å².